The van der Waals surface area contributed by atoms with Crippen LogP contribution in [-0.2, 0) is 9.53 Å². The number of ketones is 1. The van der Waals surface area contributed by atoms with Crippen molar-refractivity contribution in [2.24, 2.45) is 0 Å². The van der Waals surface area contributed by atoms with E-state index < -0.39 is 0 Å². The topological polar surface area (TPSA) is 29.5 Å². The minimum absolute atomic E-state index is 0.191. The second kappa shape index (κ2) is 5.56. The summed E-state index contributed by atoms with van der Waals surface area (Å²) < 4.78 is 7.21. The van der Waals surface area contributed by atoms with Gasteiger partial charge in [-0.05, 0) is 6.42 Å². The minimum atomic E-state index is 0.191. The zero-order chi connectivity index (χ0) is 8.81. The highest BCUT2D eigenvalue weighted by molar-refractivity contribution is 7.97. The molecule has 4 heteroatoms. The molecule has 1 heterocycles. The largest absolute Gasteiger partial charge is 0.372 e. The molecule has 0 bridgehead atoms. The van der Waals surface area contributed by atoms with Crippen LogP contribution in [0.1, 0.15) is 13.3 Å². The van der Waals surface area contributed by atoms with Gasteiger partial charge in [0.2, 0.25) is 0 Å². The van der Waals surface area contributed by atoms with Gasteiger partial charge in [-0.2, -0.15) is 0 Å². The lowest BCUT2D eigenvalue weighted by Crippen LogP contribution is -2.24. The molecule has 1 fully saturated rings. The Kier molecular flexibility index (Phi) is 4.65. The summed E-state index contributed by atoms with van der Waals surface area (Å²) in [6.07, 6.45) is 1.15. The molecule has 0 aliphatic carbocycles. The summed E-state index contributed by atoms with van der Waals surface area (Å²) in [5.41, 5.74) is 0. The molecule has 1 saturated heterocycles. The molecule has 0 saturated carbocycles. The Labute approximate surface area is 77.6 Å². The molecule has 1 rings (SSSR count). The summed E-state index contributed by atoms with van der Waals surface area (Å²) in [5, 5.41) is 0. The summed E-state index contributed by atoms with van der Waals surface area (Å²) in [6, 6.07) is 0. The normalized spacial score (nSPS) is 20.9. The zero-order valence-electron chi connectivity index (χ0n) is 7.41. The third-order valence-electron chi connectivity index (χ3n) is 1.58. The van der Waals surface area contributed by atoms with Crippen LogP contribution in [0.15, 0.2) is 0 Å². The van der Waals surface area contributed by atoms with Crippen molar-refractivity contribution in [2.75, 3.05) is 32.1 Å². The molecule has 12 heavy (non-hydrogen) atoms. The van der Waals surface area contributed by atoms with E-state index in [1.54, 1.807) is 11.9 Å². The first-order valence-corrected chi connectivity index (χ1v) is 5.24. The molecule has 0 aromatic rings. The molecule has 0 spiro atoms. The van der Waals surface area contributed by atoms with Gasteiger partial charge < -0.3 is 4.74 Å². The van der Waals surface area contributed by atoms with Gasteiger partial charge in [0.15, 0.2) is 5.78 Å². The Hall–Kier alpha value is -0.0600. The van der Waals surface area contributed by atoms with Gasteiger partial charge in [-0.15, -0.1) is 0 Å². The SMILES string of the molecule is CCCSN1CCOCC(=O)C1. The van der Waals surface area contributed by atoms with Crippen LogP contribution < -0.4 is 0 Å². The number of carbonyl (C=O) groups excluding carboxylic acids is 1. The Morgan fingerprint density at radius 2 is 2.50 bits per heavy atom. The molecule has 0 aromatic heterocycles. The Morgan fingerprint density at radius 1 is 1.67 bits per heavy atom. The summed E-state index contributed by atoms with van der Waals surface area (Å²) in [5.74, 6) is 1.28. The van der Waals surface area contributed by atoms with Crippen LogP contribution in [-0.4, -0.2) is 42.1 Å². The van der Waals surface area contributed by atoms with Gasteiger partial charge in [0.25, 0.3) is 0 Å². The summed E-state index contributed by atoms with van der Waals surface area (Å²) in [7, 11) is 0. The Balaban J connectivity index is 2.26. The molecule has 0 N–H and O–H groups in total. The van der Waals surface area contributed by atoms with Crippen LogP contribution in [0.5, 0.6) is 0 Å². The smallest absolute Gasteiger partial charge is 0.173 e. The average molecular weight is 189 g/mol. The first kappa shape index (κ1) is 10.0. The Morgan fingerprint density at radius 3 is 3.25 bits per heavy atom. The highest BCUT2D eigenvalue weighted by Gasteiger charge is 2.14. The molecule has 0 unspecified atom stereocenters. The molecule has 70 valence electrons. The predicted molar refractivity (Wildman–Crippen MR) is 50.1 cm³/mol. The van der Waals surface area contributed by atoms with Gasteiger partial charge in [0, 0.05) is 12.3 Å². The van der Waals surface area contributed by atoms with E-state index in [1.807, 2.05) is 0 Å². The predicted octanol–water partition coefficient (Wildman–Crippen LogP) is 0.946. The van der Waals surface area contributed by atoms with Crippen molar-refractivity contribution in [3.05, 3.63) is 0 Å². The highest BCUT2D eigenvalue weighted by atomic mass is 32.2. The molecule has 1 aliphatic rings. The molecule has 0 atom stereocenters. The fourth-order valence-electron chi connectivity index (χ4n) is 1.00. The molecular weight excluding hydrogens is 174 g/mol. The van der Waals surface area contributed by atoms with Gasteiger partial charge in [-0.1, -0.05) is 18.9 Å². The lowest BCUT2D eigenvalue weighted by Gasteiger charge is -2.15. The van der Waals surface area contributed by atoms with Crippen molar-refractivity contribution in [3.63, 3.8) is 0 Å². The highest BCUT2D eigenvalue weighted by Crippen LogP contribution is 2.11. The summed E-state index contributed by atoms with van der Waals surface area (Å²) in [4.78, 5) is 11.1. The third kappa shape index (κ3) is 3.56. The van der Waals surface area contributed by atoms with E-state index in [0.717, 1.165) is 18.7 Å². The van der Waals surface area contributed by atoms with E-state index in [1.165, 1.54) is 0 Å². The van der Waals surface area contributed by atoms with Crippen molar-refractivity contribution in [1.82, 2.24) is 4.31 Å². The molecule has 0 radical (unpaired) electrons. The van der Waals surface area contributed by atoms with Crippen molar-refractivity contribution >= 4 is 17.7 Å². The van der Waals surface area contributed by atoms with Gasteiger partial charge in [0.05, 0.1) is 13.2 Å². The lowest BCUT2D eigenvalue weighted by molar-refractivity contribution is -0.121. The molecule has 0 aromatic carbocycles. The quantitative estimate of drug-likeness (QED) is 0.618. The number of carbonyl (C=O) groups is 1. The summed E-state index contributed by atoms with van der Waals surface area (Å²) in [6.45, 7) is 4.54. The lowest BCUT2D eigenvalue weighted by atomic mass is 10.4. The van der Waals surface area contributed by atoms with E-state index in [0.29, 0.717) is 19.8 Å². The third-order valence-corrected chi connectivity index (χ3v) is 2.85. The van der Waals surface area contributed by atoms with Crippen molar-refractivity contribution in [2.45, 2.75) is 13.3 Å². The zero-order valence-corrected chi connectivity index (χ0v) is 8.23. The summed E-state index contributed by atoms with van der Waals surface area (Å²) >= 11 is 1.75. The maximum atomic E-state index is 11.1. The first-order valence-electron chi connectivity index (χ1n) is 4.30. The maximum absolute atomic E-state index is 11.1. The molecular formula is C8H15NO2S. The van der Waals surface area contributed by atoms with Crippen LogP contribution in [0.25, 0.3) is 0 Å². The number of hydrogen-bond donors (Lipinski definition) is 0. The first-order chi connectivity index (χ1) is 5.83. The van der Waals surface area contributed by atoms with Gasteiger partial charge in [-0.25, -0.2) is 4.31 Å². The average Bonchev–Trinajstić information content (AvgIpc) is 2.26. The number of Topliss-reactive ketones (excluding diaryl/α,β-unsaturated/α-hetero) is 1. The standard InChI is InChI=1S/C8H15NO2S/c1-2-5-12-9-3-4-11-7-8(10)6-9/h2-7H2,1H3. The number of nitrogens with zero attached hydrogens (tertiary/aromatic N) is 1. The maximum Gasteiger partial charge on any atom is 0.173 e. The van der Waals surface area contributed by atoms with Crippen molar-refractivity contribution in [1.29, 1.82) is 0 Å². The van der Waals surface area contributed by atoms with Gasteiger partial charge in [0.1, 0.15) is 6.61 Å². The van der Waals surface area contributed by atoms with Gasteiger partial charge in [-0.3, -0.25) is 4.79 Å². The van der Waals surface area contributed by atoms with E-state index in [2.05, 4.69) is 11.2 Å². The molecule has 3 nitrogen and oxygen atoms in total. The molecule has 1 aliphatic heterocycles. The van der Waals surface area contributed by atoms with E-state index >= 15 is 0 Å². The second-order valence-electron chi connectivity index (χ2n) is 2.79. The van der Waals surface area contributed by atoms with Crippen molar-refractivity contribution in [3.8, 4) is 0 Å². The van der Waals surface area contributed by atoms with E-state index in [9.17, 15) is 4.79 Å². The fraction of sp³-hybridized carbons (Fsp3) is 0.875. The van der Waals surface area contributed by atoms with Crippen LogP contribution in [0.3, 0.4) is 0 Å². The number of hydrogen-bond acceptors (Lipinski definition) is 4. The van der Waals surface area contributed by atoms with Crippen LogP contribution in [0, 0.1) is 0 Å². The second-order valence-corrected chi connectivity index (χ2v) is 3.97. The number of rotatable bonds is 3. The van der Waals surface area contributed by atoms with E-state index in [4.69, 9.17) is 4.74 Å². The number of ether oxygens (including phenoxy) is 1. The monoisotopic (exact) mass is 189 g/mol. The van der Waals surface area contributed by atoms with Gasteiger partial charge >= 0.3 is 0 Å². The van der Waals surface area contributed by atoms with Crippen LogP contribution in [0.4, 0.5) is 0 Å². The fourth-order valence-corrected chi connectivity index (χ4v) is 1.88. The van der Waals surface area contributed by atoms with Crippen LogP contribution in [0.2, 0.25) is 0 Å². The minimum Gasteiger partial charge on any atom is -0.372 e. The Bertz CT molecular complexity index is 152. The van der Waals surface area contributed by atoms with Crippen molar-refractivity contribution < 1.29 is 9.53 Å². The van der Waals surface area contributed by atoms with E-state index in [-0.39, 0.29) is 5.78 Å². The van der Waals surface area contributed by atoms with Crippen LogP contribution >= 0.6 is 11.9 Å². The molecule has 0 amide bonds.